The fourth-order valence-corrected chi connectivity index (χ4v) is 2.07. The Bertz CT molecular complexity index is 802. The molecule has 1 aromatic heterocycles. The number of halogens is 1. The van der Waals surface area contributed by atoms with Gasteiger partial charge >= 0.3 is 0 Å². The Hall–Kier alpha value is -3.22. The van der Waals surface area contributed by atoms with Gasteiger partial charge in [-0.15, -0.1) is 5.10 Å². The van der Waals surface area contributed by atoms with Crippen LogP contribution < -0.4 is 15.5 Å². The molecule has 122 valence electrons. The molecular formula is C17H17FN6. The number of nitrogens with zero attached hydrogens (tertiary/aromatic N) is 4. The van der Waals surface area contributed by atoms with Crippen molar-refractivity contribution < 1.29 is 4.39 Å². The molecule has 2 aromatic carbocycles. The first kappa shape index (κ1) is 15.7. The second kappa shape index (κ2) is 6.91. The highest BCUT2D eigenvalue weighted by molar-refractivity contribution is 5.61. The van der Waals surface area contributed by atoms with Crippen molar-refractivity contribution in [2.24, 2.45) is 0 Å². The number of anilines is 5. The van der Waals surface area contributed by atoms with E-state index in [4.69, 9.17) is 0 Å². The van der Waals surface area contributed by atoms with Crippen molar-refractivity contribution in [3.05, 3.63) is 60.5 Å². The molecule has 0 spiro atoms. The van der Waals surface area contributed by atoms with Crippen LogP contribution in [0.2, 0.25) is 0 Å². The van der Waals surface area contributed by atoms with Gasteiger partial charge in [0.05, 0.1) is 6.20 Å². The predicted molar refractivity (Wildman–Crippen MR) is 93.6 cm³/mol. The van der Waals surface area contributed by atoms with E-state index >= 15 is 0 Å². The third kappa shape index (κ3) is 3.95. The molecule has 0 radical (unpaired) electrons. The quantitative estimate of drug-likeness (QED) is 0.748. The topological polar surface area (TPSA) is 66.0 Å². The van der Waals surface area contributed by atoms with Gasteiger partial charge in [0.2, 0.25) is 5.95 Å². The number of nitrogens with one attached hydrogen (secondary N) is 2. The van der Waals surface area contributed by atoms with Crippen molar-refractivity contribution in [3.63, 3.8) is 0 Å². The average molecular weight is 324 g/mol. The Morgan fingerprint density at radius 3 is 2.17 bits per heavy atom. The van der Waals surface area contributed by atoms with Crippen molar-refractivity contribution in [3.8, 4) is 0 Å². The minimum Gasteiger partial charge on any atom is -0.378 e. The SMILES string of the molecule is CN(C)c1ccc(Nc2cnnc(Nc3ccc(F)cc3)n2)cc1. The minimum atomic E-state index is -0.295. The molecule has 2 N–H and O–H groups in total. The van der Waals surface area contributed by atoms with Crippen molar-refractivity contribution >= 4 is 28.8 Å². The first-order chi connectivity index (χ1) is 11.6. The second-order valence-electron chi connectivity index (χ2n) is 5.36. The molecule has 0 saturated heterocycles. The molecular weight excluding hydrogens is 307 g/mol. The van der Waals surface area contributed by atoms with E-state index in [2.05, 4.69) is 25.8 Å². The summed E-state index contributed by atoms with van der Waals surface area (Å²) in [6, 6.07) is 13.9. The maximum absolute atomic E-state index is 12.9. The highest BCUT2D eigenvalue weighted by atomic mass is 19.1. The third-order valence-corrected chi connectivity index (χ3v) is 3.32. The summed E-state index contributed by atoms with van der Waals surface area (Å²) in [5, 5.41) is 14.0. The van der Waals surface area contributed by atoms with Gasteiger partial charge in [-0.2, -0.15) is 10.1 Å². The van der Waals surface area contributed by atoms with Crippen LogP contribution >= 0.6 is 0 Å². The summed E-state index contributed by atoms with van der Waals surface area (Å²) in [7, 11) is 3.98. The molecule has 24 heavy (non-hydrogen) atoms. The Labute approximate surface area is 139 Å². The van der Waals surface area contributed by atoms with Crippen molar-refractivity contribution in [1.29, 1.82) is 0 Å². The first-order valence-electron chi connectivity index (χ1n) is 7.37. The largest absolute Gasteiger partial charge is 0.378 e. The van der Waals surface area contributed by atoms with Crippen LogP contribution in [0.15, 0.2) is 54.7 Å². The van der Waals surface area contributed by atoms with Gasteiger partial charge in [0.15, 0.2) is 5.82 Å². The highest BCUT2D eigenvalue weighted by Crippen LogP contribution is 2.19. The monoisotopic (exact) mass is 324 g/mol. The molecule has 0 atom stereocenters. The molecule has 0 amide bonds. The van der Waals surface area contributed by atoms with E-state index in [0.29, 0.717) is 17.5 Å². The Morgan fingerprint density at radius 2 is 1.50 bits per heavy atom. The van der Waals surface area contributed by atoms with Gasteiger partial charge in [0.25, 0.3) is 0 Å². The lowest BCUT2D eigenvalue weighted by atomic mass is 10.2. The van der Waals surface area contributed by atoms with E-state index in [-0.39, 0.29) is 5.82 Å². The summed E-state index contributed by atoms with van der Waals surface area (Å²) < 4.78 is 12.9. The maximum atomic E-state index is 12.9. The van der Waals surface area contributed by atoms with Crippen LogP contribution in [-0.4, -0.2) is 29.3 Å². The van der Waals surface area contributed by atoms with E-state index in [0.717, 1.165) is 11.4 Å². The summed E-state index contributed by atoms with van der Waals surface area (Å²) >= 11 is 0. The van der Waals surface area contributed by atoms with E-state index in [1.54, 1.807) is 12.1 Å². The van der Waals surface area contributed by atoms with Crippen LogP contribution in [0.4, 0.5) is 33.2 Å². The molecule has 6 nitrogen and oxygen atoms in total. The van der Waals surface area contributed by atoms with Crippen LogP contribution in [0, 0.1) is 5.82 Å². The van der Waals surface area contributed by atoms with Crippen LogP contribution in [0.5, 0.6) is 0 Å². The number of aromatic nitrogens is 3. The molecule has 0 aliphatic heterocycles. The zero-order valence-corrected chi connectivity index (χ0v) is 13.4. The predicted octanol–water partition coefficient (Wildman–Crippen LogP) is 3.56. The molecule has 1 heterocycles. The number of rotatable bonds is 5. The molecule has 0 saturated carbocycles. The van der Waals surface area contributed by atoms with Gasteiger partial charge in [-0.25, -0.2) is 4.39 Å². The van der Waals surface area contributed by atoms with Crippen LogP contribution in [-0.2, 0) is 0 Å². The summed E-state index contributed by atoms with van der Waals surface area (Å²) in [6.07, 6.45) is 1.54. The summed E-state index contributed by atoms with van der Waals surface area (Å²) in [5.41, 5.74) is 2.69. The zero-order chi connectivity index (χ0) is 16.9. The van der Waals surface area contributed by atoms with E-state index in [1.807, 2.05) is 43.3 Å². The second-order valence-corrected chi connectivity index (χ2v) is 5.36. The number of hydrogen-bond acceptors (Lipinski definition) is 6. The van der Waals surface area contributed by atoms with Crippen LogP contribution in [0.3, 0.4) is 0 Å². The summed E-state index contributed by atoms with van der Waals surface area (Å²) in [6.45, 7) is 0. The third-order valence-electron chi connectivity index (χ3n) is 3.32. The molecule has 3 rings (SSSR count). The van der Waals surface area contributed by atoms with Crippen molar-refractivity contribution in [2.45, 2.75) is 0 Å². The average Bonchev–Trinajstić information content (AvgIpc) is 2.58. The smallest absolute Gasteiger partial charge is 0.249 e. The van der Waals surface area contributed by atoms with Crippen LogP contribution in [0.25, 0.3) is 0 Å². The Balaban J connectivity index is 1.71. The van der Waals surface area contributed by atoms with E-state index < -0.39 is 0 Å². The molecule has 7 heteroatoms. The van der Waals surface area contributed by atoms with Gasteiger partial charge in [-0.1, -0.05) is 0 Å². The minimum absolute atomic E-state index is 0.295. The summed E-state index contributed by atoms with van der Waals surface area (Å²) in [4.78, 5) is 6.37. The molecule has 3 aromatic rings. The lowest BCUT2D eigenvalue weighted by Crippen LogP contribution is -2.08. The normalized spacial score (nSPS) is 10.3. The fraction of sp³-hybridized carbons (Fsp3) is 0.118. The van der Waals surface area contributed by atoms with Gasteiger partial charge in [0.1, 0.15) is 5.82 Å². The van der Waals surface area contributed by atoms with Gasteiger partial charge in [-0.3, -0.25) is 0 Å². The molecule has 0 bridgehead atoms. The zero-order valence-electron chi connectivity index (χ0n) is 13.4. The van der Waals surface area contributed by atoms with Crippen LogP contribution in [0.1, 0.15) is 0 Å². The molecule has 0 unspecified atom stereocenters. The molecule has 0 aliphatic rings. The lowest BCUT2D eigenvalue weighted by molar-refractivity contribution is 0.628. The van der Waals surface area contributed by atoms with Gasteiger partial charge in [0, 0.05) is 31.2 Å². The molecule has 0 aliphatic carbocycles. The first-order valence-corrected chi connectivity index (χ1v) is 7.37. The standard InChI is InChI=1S/C17H17FN6/c1-24(2)15-9-7-13(8-10-15)20-16-11-19-23-17(22-16)21-14-5-3-12(18)4-6-14/h3-11H,1-2H3,(H2,20,21,22,23). The highest BCUT2D eigenvalue weighted by Gasteiger charge is 2.03. The Morgan fingerprint density at radius 1 is 0.875 bits per heavy atom. The maximum Gasteiger partial charge on any atom is 0.249 e. The van der Waals surface area contributed by atoms with Gasteiger partial charge in [-0.05, 0) is 48.5 Å². The van der Waals surface area contributed by atoms with Gasteiger partial charge < -0.3 is 15.5 Å². The Kier molecular flexibility index (Phi) is 4.51. The van der Waals surface area contributed by atoms with Crippen molar-refractivity contribution in [2.75, 3.05) is 29.6 Å². The van der Waals surface area contributed by atoms with E-state index in [9.17, 15) is 4.39 Å². The molecule has 0 fully saturated rings. The summed E-state index contributed by atoms with van der Waals surface area (Å²) in [5.74, 6) is 0.597. The van der Waals surface area contributed by atoms with Crippen molar-refractivity contribution in [1.82, 2.24) is 15.2 Å². The number of benzene rings is 2. The fourth-order valence-electron chi connectivity index (χ4n) is 2.07. The number of hydrogen-bond donors (Lipinski definition) is 2. The van der Waals surface area contributed by atoms with E-state index in [1.165, 1.54) is 18.3 Å². The lowest BCUT2D eigenvalue weighted by Gasteiger charge is -2.13.